The van der Waals surface area contributed by atoms with Crippen LogP contribution in [0.25, 0.3) is 0 Å². The quantitative estimate of drug-likeness (QED) is 0.537. The Morgan fingerprint density at radius 2 is 1.75 bits per heavy atom. The maximum absolute atomic E-state index is 9.09. The predicted molar refractivity (Wildman–Crippen MR) is 49.7 cm³/mol. The number of aliphatic hydroxyl groups is 2. The van der Waals surface area contributed by atoms with E-state index in [1.807, 2.05) is 18.4 Å². The van der Waals surface area contributed by atoms with Crippen LogP contribution in [0.1, 0.15) is 5.56 Å². The van der Waals surface area contributed by atoms with E-state index >= 15 is 0 Å². The van der Waals surface area contributed by atoms with E-state index < -0.39 is 5.79 Å². The minimum atomic E-state index is -1.98. The molecule has 0 aliphatic heterocycles. The highest BCUT2D eigenvalue weighted by Gasteiger charge is 2.17. The highest BCUT2D eigenvalue weighted by Crippen LogP contribution is 2.20. The van der Waals surface area contributed by atoms with E-state index in [1.165, 1.54) is 0 Å². The van der Waals surface area contributed by atoms with Gasteiger partial charge in [-0.05, 0) is 18.4 Å². The third-order valence-electron chi connectivity index (χ3n) is 1.55. The Hall–Kier alpha value is -0.510. The Balaban J connectivity index is 2.93. The Morgan fingerprint density at radius 1 is 1.25 bits per heavy atom. The van der Waals surface area contributed by atoms with Crippen LogP contribution in [0.3, 0.4) is 0 Å². The molecule has 0 spiro atoms. The third-order valence-corrected chi connectivity index (χ3v) is 2.30. The summed E-state index contributed by atoms with van der Waals surface area (Å²) in [5.41, 5.74) is 0.403. The summed E-state index contributed by atoms with van der Waals surface area (Å²) >= 11 is 1.60. The first-order valence-corrected chi connectivity index (χ1v) is 4.71. The van der Waals surface area contributed by atoms with Gasteiger partial charge in [0, 0.05) is 17.4 Å². The van der Waals surface area contributed by atoms with Crippen LogP contribution < -0.4 is 0 Å². The molecule has 0 bridgehead atoms. The lowest BCUT2D eigenvalue weighted by molar-refractivity contribution is -0.128. The molecule has 0 aliphatic rings. The summed E-state index contributed by atoms with van der Waals surface area (Å²) in [6, 6.07) is 6.95. The summed E-state index contributed by atoms with van der Waals surface area (Å²) in [4.78, 5) is 1.09. The van der Waals surface area contributed by atoms with E-state index in [-0.39, 0.29) is 0 Å². The van der Waals surface area contributed by atoms with Crippen molar-refractivity contribution in [1.29, 1.82) is 0 Å². The second-order valence-corrected chi connectivity index (χ2v) is 3.42. The summed E-state index contributed by atoms with van der Waals surface area (Å²) in [7, 11) is 0. The van der Waals surface area contributed by atoms with Crippen LogP contribution in [0.15, 0.2) is 29.2 Å². The molecule has 0 amide bonds. The van der Waals surface area contributed by atoms with Crippen LogP contribution in [0.5, 0.6) is 0 Å². The van der Waals surface area contributed by atoms with Crippen molar-refractivity contribution < 1.29 is 10.2 Å². The SMILES string of the molecule is [CH2]C(O)(O)c1ccc(SC)cc1. The van der Waals surface area contributed by atoms with E-state index in [2.05, 4.69) is 6.92 Å². The average Bonchev–Trinajstić information content (AvgIpc) is 2.03. The lowest BCUT2D eigenvalue weighted by atomic mass is 10.1. The first kappa shape index (κ1) is 9.58. The minimum Gasteiger partial charge on any atom is -0.362 e. The standard InChI is InChI=1S/C9H11O2S/c1-9(10,11)7-3-5-8(12-2)6-4-7/h3-6,10-11H,1H2,2H3. The molecule has 0 heterocycles. The Kier molecular flexibility index (Phi) is 2.77. The van der Waals surface area contributed by atoms with Crippen LogP contribution in [0, 0.1) is 6.92 Å². The summed E-state index contributed by atoms with van der Waals surface area (Å²) in [5.74, 6) is -1.98. The van der Waals surface area contributed by atoms with Crippen LogP contribution in [0.2, 0.25) is 0 Å². The maximum Gasteiger partial charge on any atom is 0.189 e. The zero-order valence-electron chi connectivity index (χ0n) is 6.82. The van der Waals surface area contributed by atoms with Crippen molar-refractivity contribution in [2.45, 2.75) is 10.7 Å². The fraction of sp³-hybridized carbons (Fsp3) is 0.222. The van der Waals surface area contributed by atoms with Gasteiger partial charge in [-0.25, -0.2) is 0 Å². The molecule has 0 atom stereocenters. The molecule has 1 aromatic rings. The molecule has 0 unspecified atom stereocenters. The van der Waals surface area contributed by atoms with E-state index in [9.17, 15) is 0 Å². The number of hydrogen-bond donors (Lipinski definition) is 2. The molecule has 1 rings (SSSR count). The molecule has 12 heavy (non-hydrogen) atoms. The highest BCUT2D eigenvalue weighted by atomic mass is 32.2. The molecule has 3 heteroatoms. The zero-order chi connectivity index (χ0) is 9.19. The number of benzene rings is 1. The molecule has 0 aliphatic carbocycles. The van der Waals surface area contributed by atoms with E-state index in [0.29, 0.717) is 5.56 Å². The van der Waals surface area contributed by atoms with Gasteiger partial charge in [-0.1, -0.05) is 12.1 Å². The van der Waals surface area contributed by atoms with E-state index in [4.69, 9.17) is 10.2 Å². The van der Waals surface area contributed by atoms with Crippen molar-refractivity contribution in [1.82, 2.24) is 0 Å². The number of thioether (sulfide) groups is 1. The molecule has 0 saturated heterocycles. The van der Waals surface area contributed by atoms with Gasteiger partial charge in [0.1, 0.15) is 0 Å². The first-order chi connectivity index (χ1) is 5.54. The molecule has 0 aromatic heterocycles. The summed E-state index contributed by atoms with van der Waals surface area (Å²) in [5, 5.41) is 18.2. The van der Waals surface area contributed by atoms with Gasteiger partial charge >= 0.3 is 0 Å². The van der Waals surface area contributed by atoms with Crippen molar-refractivity contribution in [2.24, 2.45) is 0 Å². The van der Waals surface area contributed by atoms with Gasteiger partial charge < -0.3 is 10.2 Å². The van der Waals surface area contributed by atoms with Crippen molar-refractivity contribution in [3.05, 3.63) is 36.8 Å². The van der Waals surface area contributed by atoms with Gasteiger partial charge in [0.2, 0.25) is 0 Å². The molecular weight excluding hydrogens is 172 g/mol. The predicted octanol–water partition coefficient (Wildman–Crippen LogP) is 1.38. The van der Waals surface area contributed by atoms with Gasteiger partial charge in [-0.2, -0.15) is 0 Å². The van der Waals surface area contributed by atoms with Gasteiger partial charge in [0.05, 0.1) is 0 Å². The molecule has 2 N–H and O–H groups in total. The van der Waals surface area contributed by atoms with Crippen molar-refractivity contribution >= 4 is 11.8 Å². The molecular formula is C9H11O2S. The van der Waals surface area contributed by atoms with Gasteiger partial charge in [0.25, 0.3) is 0 Å². The second-order valence-electron chi connectivity index (χ2n) is 2.55. The molecule has 0 saturated carbocycles. The fourth-order valence-corrected chi connectivity index (χ4v) is 1.27. The minimum absolute atomic E-state index is 0.403. The molecule has 1 aromatic carbocycles. The van der Waals surface area contributed by atoms with E-state index in [0.717, 1.165) is 4.90 Å². The molecule has 0 fully saturated rings. The van der Waals surface area contributed by atoms with Crippen LogP contribution >= 0.6 is 11.8 Å². The smallest absolute Gasteiger partial charge is 0.189 e. The Labute approximate surface area is 76.2 Å². The summed E-state index contributed by atoms with van der Waals surface area (Å²) in [6.07, 6.45) is 1.96. The number of hydrogen-bond acceptors (Lipinski definition) is 3. The fourth-order valence-electron chi connectivity index (χ4n) is 0.858. The van der Waals surface area contributed by atoms with Crippen molar-refractivity contribution in [2.75, 3.05) is 6.26 Å². The second kappa shape index (κ2) is 3.47. The normalized spacial score (nSPS) is 11.7. The lowest BCUT2D eigenvalue weighted by Crippen LogP contribution is -2.19. The third kappa shape index (κ3) is 2.24. The monoisotopic (exact) mass is 183 g/mol. The topological polar surface area (TPSA) is 40.5 Å². The Morgan fingerprint density at radius 3 is 2.08 bits per heavy atom. The largest absolute Gasteiger partial charge is 0.362 e. The maximum atomic E-state index is 9.09. The van der Waals surface area contributed by atoms with Crippen molar-refractivity contribution in [3.8, 4) is 0 Å². The number of rotatable bonds is 2. The van der Waals surface area contributed by atoms with Crippen molar-refractivity contribution in [3.63, 3.8) is 0 Å². The van der Waals surface area contributed by atoms with Gasteiger partial charge in [-0.3, -0.25) is 0 Å². The van der Waals surface area contributed by atoms with Gasteiger partial charge in [0.15, 0.2) is 5.79 Å². The summed E-state index contributed by atoms with van der Waals surface area (Å²) < 4.78 is 0. The molecule has 1 radical (unpaired) electrons. The molecule has 2 nitrogen and oxygen atoms in total. The van der Waals surface area contributed by atoms with E-state index in [1.54, 1.807) is 23.9 Å². The average molecular weight is 183 g/mol. The van der Waals surface area contributed by atoms with Crippen LogP contribution in [0.4, 0.5) is 0 Å². The lowest BCUT2D eigenvalue weighted by Gasteiger charge is -2.15. The zero-order valence-corrected chi connectivity index (χ0v) is 7.64. The van der Waals surface area contributed by atoms with Crippen LogP contribution in [-0.4, -0.2) is 16.5 Å². The highest BCUT2D eigenvalue weighted by molar-refractivity contribution is 7.98. The summed E-state index contributed by atoms with van der Waals surface area (Å²) in [6.45, 7) is 3.20. The van der Waals surface area contributed by atoms with Crippen LogP contribution in [-0.2, 0) is 5.79 Å². The first-order valence-electron chi connectivity index (χ1n) is 3.48. The Bertz CT molecular complexity index is 248. The molecule has 65 valence electrons. The van der Waals surface area contributed by atoms with Gasteiger partial charge in [-0.15, -0.1) is 11.8 Å².